The molecule has 0 aliphatic carbocycles. The molecular formula is C18H20N4O2. The maximum absolute atomic E-state index is 9.58. The van der Waals surface area contributed by atoms with Gasteiger partial charge in [-0.15, -0.1) is 0 Å². The van der Waals surface area contributed by atoms with Crippen LogP contribution in [0.3, 0.4) is 0 Å². The molecule has 0 fully saturated rings. The molecule has 6 nitrogen and oxygen atoms in total. The van der Waals surface area contributed by atoms with E-state index in [-0.39, 0.29) is 5.75 Å². The first-order chi connectivity index (χ1) is 11.8. The lowest BCUT2D eigenvalue weighted by Gasteiger charge is -2.12. The number of rotatable bonds is 7. The molecule has 124 valence electrons. The second kappa shape index (κ2) is 7.61. The average molecular weight is 324 g/mol. The quantitative estimate of drug-likeness (QED) is 0.577. The Kier molecular flexibility index (Phi) is 5.08. The molecule has 0 aliphatic rings. The minimum atomic E-state index is 0.193. The van der Waals surface area contributed by atoms with Crippen molar-refractivity contribution in [2.75, 3.05) is 30.9 Å². The average Bonchev–Trinajstić information content (AvgIpc) is 2.58. The Hall–Kier alpha value is -2.86. The molecule has 1 aromatic heterocycles. The predicted molar refractivity (Wildman–Crippen MR) is 95.9 cm³/mol. The van der Waals surface area contributed by atoms with Crippen LogP contribution in [0, 0.1) is 0 Å². The molecule has 0 saturated carbocycles. The van der Waals surface area contributed by atoms with Gasteiger partial charge in [0.05, 0.1) is 5.52 Å². The van der Waals surface area contributed by atoms with Crippen molar-refractivity contribution in [2.45, 2.75) is 6.42 Å². The zero-order valence-electron chi connectivity index (χ0n) is 13.5. The highest BCUT2D eigenvalue weighted by Gasteiger charge is 2.07. The number of fused-ring (bicyclic) bond motifs is 1. The minimum Gasteiger partial charge on any atom is -0.508 e. The molecule has 24 heavy (non-hydrogen) atoms. The number of para-hydroxylation sites is 1. The number of ether oxygens (including phenoxy) is 1. The fourth-order valence-corrected chi connectivity index (χ4v) is 2.40. The number of methoxy groups -OCH3 is 1. The van der Waals surface area contributed by atoms with Crippen molar-refractivity contribution < 1.29 is 9.84 Å². The molecule has 0 atom stereocenters. The van der Waals surface area contributed by atoms with Gasteiger partial charge in [-0.2, -0.15) is 4.98 Å². The van der Waals surface area contributed by atoms with Crippen LogP contribution in [0.15, 0.2) is 48.5 Å². The number of phenols is 1. The summed E-state index contributed by atoms with van der Waals surface area (Å²) in [5, 5.41) is 17.0. The van der Waals surface area contributed by atoms with Crippen LogP contribution in [0.5, 0.6) is 5.75 Å². The van der Waals surface area contributed by atoms with E-state index < -0.39 is 0 Å². The van der Waals surface area contributed by atoms with Gasteiger partial charge in [0.2, 0.25) is 5.95 Å². The van der Waals surface area contributed by atoms with E-state index >= 15 is 0 Å². The number of anilines is 3. The summed E-state index contributed by atoms with van der Waals surface area (Å²) in [6, 6.07) is 14.7. The van der Waals surface area contributed by atoms with Crippen molar-refractivity contribution >= 4 is 28.4 Å². The van der Waals surface area contributed by atoms with Crippen molar-refractivity contribution in [3.05, 3.63) is 48.5 Å². The Morgan fingerprint density at radius 2 is 1.96 bits per heavy atom. The SMILES string of the molecule is COCCCNc1nc(Nc2cccc(O)c2)nc2ccccc12. The van der Waals surface area contributed by atoms with Gasteiger partial charge < -0.3 is 20.5 Å². The Labute approximate surface area is 140 Å². The molecule has 3 rings (SSSR count). The summed E-state index contributed by atoms with van der Waals surface area (Å²) in [6.07, 6.45) is 0.893. The monoisotopic (exact) mass is 324 g/mol. The number of aromatic hydroxyl groups is 1. The van der Waals surface area contributed by atoms with E-state index in [1.54, 1.807) is 25.3 Å². The summed E-state index contributed by atoms with van der Waals surface area (Å²) in [5.74, 6) is 1.45. The van der Waals surface area contributed by atoms with Gasteiger partial charge in [0, 0.05) is 37.4 Å². The van der Waals surface area contributed by atoms with Gasteiger partial charge in [-0.1, -0.05) is 18.2 Å². The first-order valence-corrected chi connectivity index (χ1v) is 7.82. The van der Waals surface area contributed by atoms with E-state index in [1.165, 1.54) is 0 Å². The highest BCUT2D eigenvalue weighted by Crippen LogP contribution is 2.24. The van der Waals surface area contributed by atoms with Crippen LogP contribution in [0.1, 0.15) is 6.42 Å². The third kappa shape index (κ3) is 3.91. The summed E-state index contributed by atoms with van der Waals surface area (Å²) in [7, 11) is 1.69. The van der Waals surface area contributed by atoms with Crippen LogP contribution in [0.25, 0.3) is 10.9 Å². The molecule has 0 unspecified atom stereocenters. The summed E-state index contributed by atoms with van der Waals surface area (Å²) < 4.78 is 5.07. The predicted octanol–water partition coefficient (Wildman–Crippen LogP) is 3.53. The second-order valence-corrected chi connectivity index (χ2v) is 5.36. The van der Waals surface area contributed by atoms with Crippen LogP contribution in [-0.4, -0.2) is 35.3 Å². The zero-order valence-corrected chi connectivity index (χ0v) is 13.5. The van der Waals surface area contributed by atoms with E-state index in [4.69, 9.17) is 4.74 Å². The molecule has 6 heteroatoms. The minimum absolute atomic E-state index is 0.193. The molecule has 3 N–H and O–H groups in total. The van der Waals surface area contributed by atoms with E-state index in [1.807, 2.05) is 30.3 Å². The Morgan fingerprint density at radius 1 is 1.08 bits per heavy atom. The van der Waals surface area contributed by atoms with Crippen LogP contribution < -0.4 is 10.6 Å². The first-order valence-electron chi connectivity index (χ1n) is 7.82. The standard InChI is InChI=1S/C18H20N4O2/c1-24-11-5-10-19-17-15-8-2-3-9-16(15)21-18(22-17)20-13-6-4-7-14(23)12-13/h2-4,6-9,12,23H,5,10-11H2,1H3,(H2,19,20,21,22). The van der Waals surface area contributed by atoms with Gasteiger partial charge in [0.25, 0.3) is 0 Å². The number of nitrogens with zero attached hydrogens (tertiary/aromatic N) is 2. The maximum Gasteiger partial charge on any atom is 0.229 e. The van der Waals surface area contributed by atoms with E-state index in [9.17, 15) is 5.11 Å². The van der Waals surface area contributed by atoms with Crippen molar-refractivity contribution in [3.8, 4) is 5.75 Å². The summed E-state index contributed by atoms with van der Waals surface area (Å²) in [5.41, 5.74) is 1.58. The number of benzene rings is 2. The zero-order chi connectivity index (χ0) is 16.8. The molecule has 0 spiro atoms. The molecule has 1 heterocycles. The highest BCUT2D eigenvalue weighted by molar-refractivity contribution is 5.90. The van der Waals surface area contributed by atoms with Gasteiger partial charge in [-0.25, -0.2) is 4.98 Å². The number of aromatic nitrogens is 2. The van der Waals surface area contributed by atoms with Crippen LogP contribution in [-0.2, 0) is 4.74 Å². The van der Waals surface area contributed by atoms with Gasteiger partial charge in [-0.3, -0.25) is 0 Å². The maximum atomic E-state index is 9.58. The Morgan fingerprint density at radius 3 is 2.79 bits per heavy atom. The van der Waals surface area contributed by atoms with Crippen LogP contribution in [0.4, 0.5) is 17.5 Å². The van der Waals surface area contributed by atoms with E-state index in [0.29, 0.717) is 12.6 Å². The fraction of sp³-hybridized carbons (Fsp3) is 0.222. The normalized spacial score (nSPS) is 10.7. The summed E-state index contributed by atoms with van der Waals surface area (Å²) >= 11 is 0. The van der Waals surface area contributed by atoms with Gasteiger partial charge >= 0.3 is 0 Å². The highest BCUT2D eigenvalue weighted by atomic mass is 16.5. The van der Waals surface area contributed by atoms with E-state index in [0.717, 1.165) is 35.4 Å². The smallest absolute Gasteiger partial charge is 0.229 e. The summed E-state index contributed by atoms with van der Waals surface area (Å²) in [6.45, 7) is 1.46. The molecule has 0 radical (unpaired) electrons. The van der Waals surface area contributed by atoms with Crippen LogP contribution in [0.2, 0.25) is 0 Å². The van der Waals surface area contributed by atoms with Crippen molar-refractivity contribution in [1.82, 2.24) is 9.97 Å². The number of hydrogen-bond acceptors (Lipinski definition) is 6. The molecule has 3 aromatic rings. The third-order valence-corrected chi connectivity index (χ3v) is 3.52. The Bertz CT molecular complexity index is 823. The van der Waals surface area contributed by atoms with Gasteiger partial charge in [0.15, 0.2) is 0 Å². The van der Waals surface area contributed by atoms with Crippen molar-refractivity contribution in [2.24, 2.45) is 0 Å². The van der Waals surface area contributed by atoms with Crippen molar-refractivity contribution in [3.63, 3.8) is 0 Å². The molecular weight excluding hydrogens is 304 g/mol. The molecule has 0 aliphatic heterocycles. The third-order valence-electron chi connectivity index (χ3n) is 3.52. The lowest BCUT2D eigenvalue weighted by atomic mass is 10.2. The topological polar surface area (TPSA) is 79.3 Å². The molecule has 0 bridgehead atoms. The van der Waals surface area contributed by atoms with Gasteiger partial charge in [-0.05, 0) is 30.7 Å². The largest absolute Gasteiger partial charge is 0.508 e. The number of phenolic OH excluding ortho intramolecular Hbond substituents is 1. The van der Waals surface area contributed by atoms with Gasteiger partial charge in [0.1, 0.15) is 11.6 Å². The number of nitrogens with one attached hydrogen (secondary N) is 2. The second-order valence-electron chi connectivity index (χ2n) is 5.36. The molecule has 0 saturated heterocycles. The Balaban J connectivity index is 1.88. The molecule has 0 amide bonds. The fourth-order valence-electron chi connectivity index (χ4n) is 2.40. The lowest BCUT2D eigenvalue weighted by molar-refractivity contribution is 0.198. The number of hydrogen-bond donors (Lipinski definition) is 3. The lowest BCUT2D eigenvalue weighted by Crippen LogP contribution is -2.08. The van der Waals surface area contributed by atoms with Crippen molar-refractivity contribution in [1.29, 1.82) is 0 Å². The first kappa shape index (κ1) is 16.0. The summed E-state index contributed by atoms with van der Waals surface area (Å²) in [4.78, 5) is 9.10. The molecule has 2 aromatic carbocycles. The van der Waals surface area contributed by atoms with Crippen LogP contribution >= 0.6 is 0 Å². The van der Waals surface area contributed by atoms with E-state index in [2.05, 4.69) is 20.6 Å².